The van der Waals surface area contributed by atoms with E-state index in [4.69, 9.17) is 4.98 Å². The van der Waals surface area contributed by atoms with Crippen LogP contribution in [0.4, 0.5) is 0 Å². The fourth-order valence-electron chi connectivity index (χ4n) is 8.99. The summed E-state index contributed by atoms with van der Waals surface area (Å²) in [5.74, 6) is -3.51. The summed E-state index contributed by atoms with van der Waals surface area (Å²) in [6, 6.07) is 20.1. The van der Waals surface area contributed by atoms with Gasteiger partial charge in [-0.1, -0.05) is 48.5 Å². The molecule has 3 aliphatic heterocycles. The van der Waals surface area contributed by atoms with Crippen molar-refractivity contribution in [2.45, 2.75) is 58.2 Å². The highest BCUT2D eigenvalue weighted by Gasteiger charge is 2.33. The monoisotopic (exact) mass is 751 g/mol. The van der Waals surface area contributed by atoms with Crippen LogP contribution >= 0.6 is 0 Å². The van der Waals surface area contributed by atoms with E-state index in [1.807, 2.05) is 36.4 Å². The average molecular weight is 752 g/mol. The number of carboxylic acid groups (broad SMARTS) is 3. The first-order valence-corrected chi connectivity index (χ1v) is 19.7. The Hall–Kier alpha value is -4.69. The number of hydrogen-bond acceptors (Lipinski definition) is 9. The van der Waals surface area contributed by atoms with E-state index in [0.717, 1.165) is 85.6 Å². The van der Waals surface area contributed by atoms with Crippen LogP contribution in [0.25, 0.3) is 11.0 Å². The minimum Gasteiger partial charge on any atom is -0.481 e. The Bertz CT molecular complexity index is 1870. The Morgan fingerprint density at radius 1 is 0.636 bits per heavy atom. The molecule has 7 rings (SSSR count). The van der Waals surface area contributed by atoms with Gasteiger partial charge in [-0.25, -0.2) is 4.98 Å². The molecule has 7 N–H and O–H groups in total. The molecule has 13 nitrogen and oxygen atoms in total. The molecule has 3 saturated heterocycles. The van der Waals surface area contributed by atoms with Crippen LogP contribution in [0.2, 0.25) is 0 Å². The van der Waals surface area contributed by atoms with E-state index in [1.165, 1.54) is 0 Å². The van der Waals surface area contributed by atoms with Crippen molar-refractivity contribution >= 4 is 28.9 Å². The van der Waals surface area contributed by atoms with Gasteiger partial charge >= 0.3 is 17.9 Å². The molecular formula is C42H53N7O6. The zero-order chi connectivity index (χ0) is 38.3. The number of aliphatic carboxylic acids is 3. The van der Waals surface area contributed by atoms with Crippen molar-refractivity contribution in [2.24, 2.45) is 35.5 Å². The summed E-state index contributed by atoms with van der Waals surface area (Å²) in [5, 5.41) is 48.0. The smallest absolute Gasteiger partial charge is 0.307 e. The predicted molar refractivity (Wildman–Crippen MR) is 207 cm³/mol. The summed E-state index contributed by atoms with van der Waals surface area (Å²) in [4.78, 5) is 44.2. The SMILES string of the molecule is O=C(O)[C@@H](Cc1cccc(CN(Cc2cccc(C[C@H](C(=O)O)[C@H]3CCNC3)c2)Cc2[nH]nc3ccc(C[C@H](C(=O)O)[C@H]4CCNC4)nc23)c1)[C@H]1CCNC1. The largest absolute Gasteiger partial charge is 0.481 e. The fourth-order valence-corrected chi connectivity index (χ4v) is 8.99. The number of aromatic nitrogens is 3. The molecule has 0 radical (unpaired) electrons. The molecule has 4 aromatic rings. The fraction of sp³-hybridized carbons (Fsp3) is 0.500. The van der Waals surface area contributed by atoms with E-state index < -0.39 is 35.7 Å². The van der Waals surface area contributed by atoms with Gasteiger partial charge in [-0.15, -0.1) is 0 Å². The van der Waals surface area contributed by atoms with Gasteiger partial charge in [0, 0.05) is 31.7 Å². The number of rotatable bonds is 18. The number of aromatic amines is 1. The van der Waals surface area contributed by atoms with Crippen molar-refractivity contribution in [3.63, 3.8) is 0 Å². The van der Waals surface area contributed by atoms with Crippen molar-refractivity contribution in [1.29, 1.82) is 0 Å². The highest BCUT2D eigenvalue weighted by Crippen LogP contribution is 2.28. The number of nitrogens with one attached hydrogen (secondary N) is 4. The van der Waals surface area contributed by atoms with Gasteiger partial charge in [0.15, 0.2) is 0 Å². The highest BCUT2D eigenvalue weighted by atomic mass is 16.4. The maximum Gasteiger partial charge on any atom is 0.307 e. The lowest BCUT2D eigenvalue weighted by Gasteiger charge is -2.24. The van der Waals surface area contributed by atoms with Crippen LogP contribution in [-0.2, 0) is 53.3 Å². The highest BCUT2D eigenvalue weighted by molar-refractivity contribution is 5.77. The summed E-state index contributed by atoms with van der Waals surface area (Å²) in [6.07, 6.45) is 3.81. The number of carbonyl (C=O) groups is 3. The molecule has 0 spiro atoms. The van der Waals surface area contributed by atoms with Crippen LogP contribution in [0.5, 0.6) is 0 Å². The molecule has 3 aliphatic rings. The van der Waals surface area contributed by atoms with E-state index in [1.54, 1.807) is 0 Å². The predicted octanol–water partition coefficient (Wildman–Crippen LogP) is 3.72. The Labute approximate surface area is 321 Å². The summed E-state index contributed by atoms with van der Waals surface area (Å²) < 4.78 is 0. The van der Waals surface area contributed by atoms with Crippen molar-refractivity contribution in [3.8, 4) is 0 Å². The molecule has 0 aliphatic carbocycles. The molecule has 0 amide bonds. The van der Waals surface area contributed by atoms with Crippen molar-refractivity contribution < 1.29 is 29.7 Å². The van der Waals surface area contributed by atoms with E-state index >= 15 is 0 Å². The number of pyridine rings is 1. The first-order chi connectivity index (χ1) is 26.7. The zero-order valence-electron chi connectivity index (χ0n) is 31.3. The molecule has 13 heteroatoms. The number of nitrogens with zero attached hydrogens (tertiary/aromatic N) is 3. The zero-order valence-corrected chi connectivity index (χ0v) is 31.3. The van der Waals surface area contributed by atoms with Crippen molar-refractivity contribution in [3.05, 3.63) is 94.3 Å². The average Bonchev–Trinajstić information content (AvgIpc) is 4.01. The molecule has 0 unspecified atom stereocenters. The maximum absolute atomic E-state index is 12.3. The first-order valence-electron chi connectivity index (χ1n) is 19.7. The van der Waals surface area contributed by atoms with Crippen LogP contribution in [0.1, 0.15) is 52.9 Å². The van der Waals surface area contributed by atoms with E-state index in [2.05, 4.69) is 55.3 Å². The Morgan fingerprint density at radius 2 is 1.11 bits per heavy atom. The third-order valence-electron chi connectivity index (χ3n) is 12.0. The molecule has 292 valence electrons. The van der Waals surface area contributed by atoms with Crippen LogP contribution in [0.15, 0.2) is 60.7 Å². The normalized spacial score (nSPS) is 21.6. The molecule has 6 atom stereocenters. The van der Waals surface area contributed by atoms with Gasteiger partial charge in [-0.2, -0.15) is 5.10 Å². The third-order valence-corrected chi connectivity index (χ3v) is 12.0. The van der Waals surface area contributed by atoms with Gasteiger partial charge in [0.1, 0.15) is 11.0 Å². The van der Waals surface area contributed by atoms with Gasteiger partial charge in [0.25, 0.3) is 0 Å². The van der Waals surface area contributed by atoms with Crippen LogP contribution < -0.4 is 16.0 Å². The van der Waals surface area contributed by atoms with E-state index in [-0.39, 0.29) is 17.8 Å². The molecule has 2 aromatic carbocycles. The van der Waals surface area contributed by atoms with Crippen molar-refractivity contribution in [2.75, 3.05) is 39.3 Å². The number of H-pyrrole nitrogens is 1. The second kappa shape index (κ2) is 17.8. The maximum atomic E-state index is 12.3. The van der Waals surface area contributed by atoms with Gasteiger partial charge < -0.3 is 31.3 Å². The molecule has 2 aromatic heterocycles. The van der Waals surface area contributed by atoms with Gasteiger partial charge in [0.05, 0.1) is 23.4 Å². The van der Waals surface area contributed by atoms with E-state index in [0.29, 0.717) is 56.5 Å². The molecule has 0 saturated carbocycles. The lowest BCUT2D eigenvalue weighted by atomic mass is 9.86. The topological polar surface area (TPSA) is 193 Å². The number of hydrogen-bond donors (Lipinski definition) is 7. The summed E-state index contributed by atoms with van der Waals surface area (Å²) in [5.41, 5.74) is 7.03. The number of benzene rings is 2. The van der Waals surface area contributed by atoms with Crippen LogP contribution in [0.3, 0.4) is 0 Å². The van der Waals surface area contributed by atoms with Gasteiger partial charge in [-0.05, 0) is 124 Å². The summed E-state index contributed by atoms with van der Waals surface area (Å²) >= 11 is 0. The van der Waals surface area contributed by atoms with Gasteiger partial charge in [-0.3, -0.25) is 24.4 Å². The first kappa shape index (κ1) is 38.6. The number of carboxylic acids is 3. The van der Waals surface area contributed by atoms with Crippen molar-refractivity contribution in [1.82, 2.24) is 36.0 Å². The molecule has 0 bridgehead atoms. The third kappa shape index (κ3) is 9.77. The molecule has 5 heterocycles. The Morgan fingerprint density at radius 3 is 1.56 bits per heavy atom. The Kier molecular flexibility index (Phi) is 12.5. The minimum absolute atomic E-state index is 0.0575. The van der Waals surface area contributed by atoms with Crippen LogP contribution in [-0.4, -0.2) is 92.6 Å². The molecule has 55 heavy (non-hydrogen) atoms. The van der Waals surface area contributed by atoms with E-state index in [9.17, 15) is 29.7 Å². The lowest BCUT2D eigenvalue weighted by Crippen LogP contribution is -2.28. The quantitative estimate of drug-likeness (QED) is 0.0781. The molecular weight excluding hydrogens is 699 g/mol. The second-order valence-electron chi connectivity index (χ2n) is 15.9. The Balaban J connectivity index is 1.15. The number of fused-ring (bicyclic) bond motifs is 1. The lowest BCUT2D eigenvalue weighted by molar-refractivity contribution is -0.144. The standard InChI is InChI=1S/C42H53N7O6/c50-40(51)34(30-9-12-43-20-30)17-26-3-1-5-28(15-26)23-49(24-29-6-2-4-27(16-29)18-35(41(52)53)31-10-13-44-21-31)25-38-39-37(47-48-38)8-7-33(46-39)19-36(42(54)55)32-11-14-45-22-32/h1-8,15-16,30-32,34-36,43-45H,9-14,17-25H2,(H,47,48)(H,50,51)(H,52,53)(H,54,55)/t30-,31-,32-,34-,35-,36-/m0/s1. The summed E-state index contributed by atoms with van der Waals surface area (Å²) in [6.45, 7) is 6.22. The molecule has 3 fully saturated rings. The summed E-state index contributed by atoms with van der Waals surface area (Å²) in [7, 11) is 0. The second-order valence-corrected chi connectivity index (χ2v) is 15.9. The van der Waals surface area contributed by atoms with Crippen LogP contribution in [0, 0.1) is 35.5 Å². The van der Waals surface area contributed by atoms with Gasteiger partial charge in [0.2, 0.25) is 0 Å². The minimum atomic E-state index is -0.803.